The summed E-state index contributed by atoms with van der Waals surface area (Å²) in [6, 6.07) is 0. The third kappa shape index (κ3) is 2.73. The second kappa shape index (κ2) is 5.42. The van der Waals surface area contributed by atoms with Gasteiger partial charge in [0.1, 0.15) is 11.6 Å². The summed E-state index contributed by atoms with van der Waals surface area (Å²) in [5.41, 5.74) is 4.75. The fraction of sp³-hybridized carbons (Fsp3) is 0.667. The molecule has 1 fully saturated rings. The molecule has 5 nitrogen and oxygen atoms in total. The van der Waals surface area contributed by atoms with Crippen LogP contribution in [0.15, 0.2) is 0 Å². The van der Waals surface area contributed by atoms with Crippen molar-refractivity contribution in [3.63, 3.8) is 0 Å². The van der Waals surface area contributed by atoms with Crippen molar-refractivity contribution in [2.45, 2.75) is 45.6 Å². The molecule has 1 aliphatic heterocycles. The van der Waals surface area contributed by atoms with Crippen LogP contribution in [0, 0.1) is 6.92 Å². The number of rotatable bonds is 4. The Kier molecular flexibility index (Phi) is 3.91. The van der Waals surface area contributed by atoms with Crippen LogP contribution in [0.3, 0.4) is 0 Å². The number of nitrogens with zero attached hydrogens (tertiary/aromatic N) is 2. The van der Waals surface area contributed by atoms with E-state index in [0.29, 0.717) is 0 Å². The molecule has 0 bridgehead atoms. The maximum atomic E-state index is 5.60. The maximum absolute atomic E-state index is 5.60. The number of anilines is 1. The summed E-state index contributed by atoms with van der Waals surface area (Å²) in [6.45, 7) is 4.94. The van der Waals surface area contributed by atoms with Crippen molar-refractivity contribution in [3.05, 3.63) is 17.1 Å². The van der Waals surface area contributed by atoms with Gasteiger partial charge in [0, 0.05) is 24.3 Å². The van der Waals surface area contributed by atoms with Crippen LogP contribution in [-0.2, 0) is 17.6 Å². The first-order valence-electron chi connectivity index (χ1n) is 6.19. The van der Waals surface area contributed by atoms with E-state index in [-0.39, 0.29) is 6.10 Å². The molecule has 1 unspecified atom stereocenters. The molecule has 0 aromatic carbocycles. The van der Waals surface area contributed by atoms with Gasteiger partial charge < -0.3 is 10.2 Å². The molecule has 2 rings (SSSR count). The summed E-state index contributed by atoms with van der Waals surface area (Å²) >= 11 is 0. The van der Waals surface area contributed by atoms with Crippen LogP contribution < -0.4 is 11.3 Å². The molecule has 2 heterocycles. The number of nitrogens with two attached hydrogens (primary N) is 1. The van der Waals surface area contributed by atoms with Gasteiger partial charge in [-0.15, -0.1) is 0 Å². The zero-order valence-electron chi connectivity index (χ0n) is 10.5. The van der Waals surface area contributed by atoms with E-state index in [9.17, 15) is 0 Å². The highest BCUT2D eigenvalue weighted by Crippen LogP contribution is 2.19. The predicted molar refractivity (Wildman–Crippen MR) is 66.6 cm³/mol. The van der Waals surface area contributed by atoms with E-state index in [1.165, 1.54) is 0 Å². The molecule has 94 valence electrons. The lowest BCUT2D eigenvalue weighted by molar-refractivity contribution is 0.110. The molecule has 5 heteroatoms. The van der Waals surface area contributed by atoms with E-state index >= 15 is 0 Å². The van der Waals surface area contributed by atoms with E-state index < -0.39 is 0 Å². The third-order valence-corrected chi connectivity index (χ3v) is 3.18. The number of aryl methyl sites for hydroxylation is 1. The van der Waals surface area contributed by atoms with Crippen LogP contribution in [0.25, 0.3) is 0 Å². The van der Waals surface area contributed by atoms with E-state index in [4.69, 9.17) is 10.6 Å². The summed E-state index contributed by atoms with van der Waals surface area (Å²) in [7, 11) is 0. The number of hydrogen-bond donors (Lipinski definition) is 2. The first-order valence-corrected chi connectivity index (χ1v) is 6.19. The number of hydrazine groups is 1. The van der Waals surface area contributed by atoms with Gasteiger partial charge in [0.15, 0.2) is 0 Å². The van der Waals surface area contributed by atoms with Gasteiger partial charge in [-0.2, -0.15) is 0 Å². The topological polar surface area (TPSA) is 73.1 Å². The highest BCUT2D eigenvalue weighted by atomic mass is 16.5. The monoisotopic (exact) mass is 236 g/mol. The second-order valence-corrected chi connectivity index (χ2v) is 4.39. The average molecular weight is 236 g/mol. The number of ether oxygens (including phenoxy) is 1. The first kappa shape index (κ1) is 12.3. The van der Waals surface area contributed by atoms with Gasteiger partial charge in [0.2, 0.25) is 0 Å². The molecule has 1 saturated heterocycles. The van der Waals surface area contributed by atoms with Gasteiger partial charge in [-0.1, -0.05) is 6.92 Å². The van der Waals surface area contributed by atoms with Crippen molar-refractivity contribution >= 4 is 5.82 Å². The molecule has 1 aromatic heterocycles. The molecule has 0 spiro atoms. The van der Waals surface area contributed by atoms with E-state index in [0.717, 1.165) is 55.2 Å². The van der Waals surface area contributed by atoms with Crippen LogP contribution in [0.2, 0.25) is 0 Å². The molecule has 0 amide bonds. The summed E-state index contributed by atoms with van der Waals surface area (Å²) in [5, 5.41) is 0. The third-order valence-electron chi connectivity index (χ3n) is 3.18. The molecule has 3 N–H and O–H groups in total. The first-order chi connectivity index (χ1) is 8.24. The minimum absolute atomic E-state index is 0.271. The van der Waals surface area contributed by atoms with Crippen molar-refractivity contribution in [1.29, 1.82) is 0 Å². The molecule has 1 aliphatic rings. The zero-order valence-corrected chi connectivity index (χ0v) is 10.5. The number of nitrogens with one attached hydrogen (secondary N) is 1. The Morgan fingerprint density at radius 1 is 1.47 bits per heavy atom. The highest BCUT2D eigenvalue weighted by Gasteiger charge is 2.18. The Morgan fingerprint density at radius 2 is 2.29 bits per heavy atom. The molecule has 0 radical (unpaired) electrons. The van der Waals surface area contributed by atoms with Gasteiger partial charge >= 0.3 is 0 Å². The fourth-order valence-electron chi connectivity index (χ4n) is 2.30. The van der Waals surface area contributed by atoms with Crippen LogP contribution in [-0.4, -0.2) is 22.7 Å². The number of aromatic nitrogens is 2. The Bertz CT molecular complexity index is 388. The minimum atomic E-state index is 0.271. The van der Waals surface area contributed by atoms with Crippen molar-refractivity contribution < 1.29 is 4.74 Å². The van der Waals surface area contributed by atoms with E-state index in [1.54, 1.807) is 0 Å². The fourth-order valence-corrected chi connectivity index (χ4v) is 2.30. The summed E-state index contributed by atoms with van der Waals surface area (Å²) < 4.78 is 5.60. The van der Waals surface area contributed by atoms with Gasteiger partial charge in [-0.3, -0.25) is 0 Å². The largest absolute Gasteiger partial charge is 0.378 e. The van der Waals surface area contributed by atoms with Gasteiger partial charge in [-0.25, -0.2) is 15.8 Å². The average Bonchev–Trinajstić information content (AvgIpc) is 2.81. The van der Waals surface area contributed by atoms with Crippen molar-refractivity contribution in [1.82, 2.24) is 9.97 Å². The van der Waals surface area contributed by atoms with Crippen LogP contribution >= 0.6 is 0 Å². The van der Waals surface area contributed by atoms with E-state index in [2.05, 4.69) is 22.3 Å². The van der Waals surface area contributed by atoms with E-state index in [1.807, 2.05) is 6.92 Å². The minimum Gasteiger partial charge on any atom is -0.378 e. The summed E-state index contributed by atoms with van der Waals surface area (Å²) in [4.78, 5) is 8.99. The molecular weight excluding hydrogens is 216 g/mol. The van der Waals surface area contributed by atoms with Crippen molar-refractivity contribution in [2.24, 2.45) is 5.84 Å². The van der Waals surface area contributed by atoms with Crippen molar-refractivity contribution in [3.8, 4) is 0 Å². The molecule has 1 aromatic rings. The Hall–Kier alpha value is -1.20. The van der Waals surface area contributed by atoms with Crippen LogP contribution in [0.4, 0.5) is 5.82 Å². The lowest BCUT2D eigenvalue weighted by atomic mass is 10.1. The summed E-state index contributed by atoms with van der Waals surface area (Å²) in [5.74, 6) is 7.06. The normalized spacial score (nSPS) is 19.6. The molecule has 17 heavy (non-hydrogen) atoms. The Labute approximate surface area is 102 Å². The molecular formula is C12H20N4O. The summed E-state index contributed by atoms with van der Waals surface area (Å²) in [6.07, 6.45) is 4.17. The quantitative estimate of drug-likeness (QED) is 0.610. The smallest absolute Gasteiger partial charge is 0.147 e. The van der Waals surface area contributed by atoms with Crippen LogP contribution in [0.1, 0.15) is 36.8 Å². The van der Waals surface area contributed by atoms with Gasteiger partial charge in [-0.05, 0) is 26.2 Å². The van der Waals surface area contributed by atoms with Crippen LogP contribution in [0.5, 0.6) is 0 Å². The van der Waals surface area contributed by atoms with Gasteiger partial charge in [0.25, 0.3) is 0 Å². The highest BCUT2D eigenvalue weighted by molar-refractivity contribution is 5.45. The Morgan fingerprint density at radius 3 is 2.88 bits per heavy atom. The predicted octanol–water partition coefficient (Wildman–Crippen LogP) is 1.35. The lowest BCUT2D eigenvalue weighted by Crippen LogP contribution is -2.17. The maximum Gasteiger partial charge on any atom is 0.147 e. The van der Waals surface area contributed by atoms with Crippen molar-refractivity contribution in [2.75, 3.05) is 12.0 Å². The Balaban J connectivity index is 2.19. The number of hydrogen-bond acceptors (Lipinski definition) is 5. The number of nitrogen functional groups attached to an aromatic ring is 1. The lowest BCUT2D eigenvalue weighted by Gasteiger charge is -2.13. The van der Waals surface area contributed by atoms with Gasteiger partial charge in [0.05, 0.1) is 6.10 Å². The molecule has 1 atom stereocenters. The second-order valence-electron chi connectivity index (χ2n) is 4.39. The standard InChI is InChI=1S/C12H20N4O/c1-3-10-8(2)14-11(15-12(10)16-13)7-9-5-4-6-17-9/h9H,3-7,13H2,1-2H3,(H,14,15,16). The SMILES string of the molecule is CCc1c(C)nc(CC2CCCO2)nc1NN. The zero-order chi connectivity index (χ0) is 12.3. The molecule has 0 aliphatic carbocycles. The molecule has 0 saturated carbocycles.